The van der Waals surface area contributed by atoms with Crippen molar-refractivity contribution in [1.82, 2.24) is 0 Å². The zero-order valence-electron chi connectivity index (χ0n) is 9.91. The fraction of sp³-hybridized carbons (Fsp3) is 0.154. The number of alkyl halides is 3. The van der Waals surface area contributed by atoms with Gasteiger partial charge in [-0.25, -0.2) is 0 Å². The Morgan fingerprint density at radius 3 is 2.40 bits per heavy atom. The Morgan fingerprint density at radius 1 is 1.25 bits per heavy atom. The number of carbonyl (C=O) groups excluding carboxylic acids is 1. The van der Waals surface area contributed by atoms with Gasteiger partial charge in [0.15, 0.2) is 5.78 Å². The smallest absolute Gasteiger partial charge is 0.406 e. The maximum Gasteiger partial charge on any atom is 0.573 e. The minimum Gasteiger partial charge on any atom is -0.406 e. The van der Waals surface area contributed by atoms with E-state index in [1.54, 1.807) is 11.4 Å². The fourth-order valence-electron chi connectivity index (χ4n) is 1.54. The van der Waals surface area contributed by atoms with Gasteiger partial charge >= 0.3 is 6.36 Å². The lowest BCUT2D eigenvalue weighted by Crippen LogP contribution is -2.17. The summed E-state index contributed by atoms with van der Waals surface area (Å²) in [6.45, 7) is 0. The van der Waals surface area contributed by atoms with Crippen LogP contribution in [0.2, 0.25) is 0 Å². The van der Waals surface area contributed by atoms with Crippen LogP contribution in [-0.2, 0) is 6.42 Å². The molecule has 1 heterocycles. The molecule has 0 unspecified atom stereocenters. The van der Waals surface area contributed by atoms with E-state index in [9.17, 15) is 18.0 Å². The van der Waals surface area contributed by atoms with E-state index < -0.39 is 6.36 Å². The van der Waals surface area contributed by atoms with E-state index in [0.717, 1.165) is 4.47 Å². The average molecular weight is 365 g/mol. The van der Waals surface area contributed by atoms with Crippen molar-refractivity contribution >= 4 is 33.0 Å². The molecule has 2 rings (SSSR count). The van der Waals surface area contributed by atoms with Gasteiger partial charge < -0.3 is 4.74 Å². The third kappa shape index (κ3) is 4.35. The third-order valence-electron chi connectivity index (χ3n) is 2.36. The Hall–Kier alpha value is -1.34. The Labute approximate surface area is 125 Å². The van der Waals surface area contributed by atoms with Gasteiger partial charge in [-0.05, 0) is 39.7 Å². The summed E-state index contributed by atoms with van der Waals surface area (Å²) in [6.07, 6.45) is -4.57. The number of ketones is 1. The van der Waals surface area contributed by atoms with Crippen molar-refractivity contribution in [2.24, 2.45) is 0 Å². The van der Waals surface area contributed by atoms with Crippen LogP contribution in [0.15, 0.2) is 40.2 Å². The van der Waals surface area contributed by atoms with Crippen LogP contribution in [0.5, 0.6) is 5.75 Å². The largest absolute Gasteiger partial charge is 0.573 e. The number of ether oxygens (including phenoxy) is 1. The Morgan fingerprint density at radius 2 is 1.90 bits per heavy atom. The first-order chi connectivity index (χ1) is 9.33. The van der Waals surface area contributed by atoms with Crippen LogP contribution in [0.4, 0.5) is 13.2 Å². The molecule has 0 radical (unpaired) electrons. The number of Topliss-reactive ketones (excluding diaryl/α,β-unsaturated/α-hetero) is 1. The second kappa shape index (κ2) is 5.97. The van der Waals surface area contributed by atoms with Crippen LogP contribution in [0.3, 0.4) is 0 Å². The lowest BCUT2D eigenvalue weighted by atomic mass is 10.1. The summed E-state index contributed by atoms with van der Waals surface area (Å²) in [5.74, 6) is -0.377. The van der Waals surface area contributed by atoms with Crippen molar-refractivity contribution in [2.45, 2.75) is 12.8 Å². The van der Waals surface area contributed by atoms with Gasteiger partial charge in [-0.15, -0.1) is 24.5 Å². The second-order valence-corrected chi connectivity index (χ2v) is 5.75. The molecule has 0 amide bonds. The standard InChI is InChI=1S/C13H8BrF3O2S/c14-9-6-12(20-7-9)11(18)5-8-1-3-10(4-2-8)19-13(15,16)17/h1-4,6-7H,5H2. The summed E-state index contributed by atoms with van der Waals surface area (Å²) in [5, 5.41) is 1.80. The molecule has 1 aromatic carbocycles. The molecule has 0 fully saturated rings. The van der Waals surface area contributed by atoms with Gasteiger partial charge in [-0.1, -0.05) is 12.1 Å². The summed E-state index contributed by atoms with van der Waals surface area (Å²) in [5.41, 5.74) is 0.633. The maximum absolute atomic E-state index is 12.0. The maximum atomic E-state index is 12.0. The molecule has 20 heavy (non-hydrogen) atoms. The first kappa shape index (κ1) is 15.1. The number of hydrogen-bond donors (Lipinski definition) is 0. The molecule has 0 bridgehead atoms. The summed E-state index contributed by atoms with van der Waals surface area (Å²) < 4.78 is 40.6. The van der Waals surface area contributed by atoms with Crippen LogP contribution < -0.4 is 4.74 Å². The minimum atomic E-state index is -4.71. The Balaban J connectivity index is 2.02. The molecule has 0 atom stereocenters. The van der Waals surface area contributed by atoms with Crippen molar-refractivity contribution in [1.29, 1.82) is 0 Å². The average Bonchev–Trinajstić information content (AvgIpc) is 2.77. The number of halogens is 4. The van der Waals surface area contributed by atoms with Crippen molar-refractivity contribution in [3.8, 4) is 5.75 Å². The minimum absolute atomic E-state index is 0.0785. The highest BCUT2D eigenvalue weighted by Gasteiger charge is 2.30. The van der Waals surface area contributed by atoms with E-state index in [1.165, 1.54) is 35.6 Å². The normalized spacial score (nSPS) is 11.4. The summed E-state index contributed by atoms with van der Waals surface area (Å²) in [6, 6.07) is 7.00. The van der Waals surface area contributed by atoms with Crippen molar-refractivity contribution < 1.29 is 22.7 Å². The lowest BCUT2D eigenvalue weighted by Gasteiger charge is -2.08. The fourth-order valence-corrected chi connectivity index (χ4v) is 2.91. The SMILES string of the molecule is O=C(Cc1ccc(OC(F)(F)F)cc1)c1cc(Br)cs1. The highest BCUT2D eigenvalue weighted by atomic mass is 79.9. The monoisotopic (exact) mass is 364 g/mol. The number of benzene rings is 1. The molecule has 0 saturated carbocycles. The van der Waals surface area contributed by atoms with Crippen molar-refractivity contribution in [2.75, 3.05) is 0 Å². The molecule has 2 aromatic rings. The molecule has 106 valence electrons. The van der Waals surface area contributed by atoms with Crippen LogP contribution in [-0.4, -0.2) is 12.1 Å². The molecule has 2 nitrogen and oxygen atoms in total. The third-order valence-corrected chi connectivity index (χ3v) is 4.10. The van der Waals surface area contributed by atoms with Gasteiger partial charge in [0, 0.05) is 16.3 Å². The molecule has 0 spiro atoms. The number of hydrogen-bond acceptors (Lipinski definition) is 3. The van der Waals surface area contributed by atoms with Gasteiger partial charge in [0.05, 0.1) is 4.88 Å². The molecule has 0 N–H and O–H groups in total. The van der Waals surface area contributed by atoms with Gasteiger partial charge in [-0.2, -0.15) is 0 Å². The predicted molar refractivity (Wildman–Crippen MR) is 73.2 cm³/mol. The summed E-state index contributed by atoms with van der Waals surface area (Å²) in [4.78, 5) is 12.5. The van der Waals surface area contributed by atoms with E-state index in [2.05, 4.69) is 20.7 Å². The quantitative estimate of drug-likeness (QED) is 0.726. The number of carbonyl (C=O) groups is 1. The second-order valence-electron chi connectivity index (χ2n) is 3.92. The zero-order valence-corrected chi connectivity index (χ0v) is 12.3. The van der Waals surface area contributed by atoms with Gasteiger partial charge in [0.1, 0.15) is 5.75 Å². The highest BCUT2D eigenvalue weighted by molar-refractivity contribution is 9.10. The molecule has 7 heteroatoms. The highest BCUT2D eigenvalue weighted by Crippen LogP contribution is 2.24. The zero-order chi connectivity index (χ0) is 14.8. The van der Waals surface area contributed by atoms with Gasteiger partial charge in [-0.3, -0.25) is 4.79 Å². The first-order valence-electron chi connectivity index (χ1n) is 5.45. The Kier molecular flexibility index (Phi) is 4.49. The van der Waals surface area contributed by atoms with Crippen LogP contribution >= 0.6 is 27.3 Å². The van der Waals surface area contributed by atoms with E-state index in [4.69, 9.17) is 0 Å². The molecular weight excluding hydrogens is 357 g/mol. The van der Waals surface area contributed by atoms with Crippen LogP contribution in [0, 0.1) is 0 Å². The number of thiophene rings is 1. The first-order valence-corrected chi connectivity index (χ1v) is 7.13. The van der Waals surface area contributed by atoms with Crippen molar-refractivity contribution in [3.05, 3.63) is 50.6 Å². The topological polar surface area (TPSA) is 26.3 Å². The van der Waals surface area contributed by atoms with Gasteiger partial charge in [0.2, 0.25) is 0 Å². The van der Waals surface area contributed by atoms with Crippen LogP contribution in [0.25, 0.3) is 0 Å². The van der Waals surface area contributed by atoms with E-state index in [0.29, 0.717) is 10.4 Å². The molecule has 0 aliphatic carbocycles. The summed E-state index contributed by atoms with van der Waals surface area (Å²) >= 11 is 4.58. The van der Waals surface area contributed by atoms with E-state index in [1.807, 2.05) is 0 Å². The lowest BCUT2D eigenvalue weighted by molar-refractivity contribution is -0.274. The van der Waals surface area contributed by atoms with E-state index in [-0.39, 0.29) is 18.0 Å². The number of rotatable bonds is 4. The van der Waals surface area contributed by atoms with Gasteiger partial charge in [0.25, 0.3) is 0 Å². The molecule has 0 saturated heterocycles. The molecule has 0 aliphatic rings. The molecule has 0 aliphatic heterocycles. The molecular formula is C13H8BrF3O2S. The summed E-state index contributed by atoms with van der Waals surface area (Å²) in [7, 11) is 0. The predicted octanol–water partition coefficient (Wildman–Crippen LogP) is 4.83. The van der Waals surface area contributed by atoms with Crippen molar-refractivity contribution in [3.63, 3.8) is 0 Å². The van der Waals surface area contributed by atoms with Crippen LogP contribution in [0.1, 0.15) is 15.2 Å². The van der Waals surface area contributed by atoms with E-state index >= 15 is 0 Å². The Bertz CT molecular complexity index is 605. The molecule has 1 aromatic heterocycles.